The number of rotatable bonds is 4. The second kappa shape index (κ2) is 4.69. The van der Waals surface area contributed by atoms with Crippen molar-refractivity contribution in [2.24, 2.45) is 11.8 Å². The third kappa shape index (κ3) is 3.24. The van der Waals surface area contributed by atoms with Crippen LogP contribution in [-0.2, 0) is 9.31 Å². The molecular weight excluding hydrogens is 199 g/mol. The summed E-state index contributed by atoms with van der Waals surface area (Å²) in [4.78, 5) is 0. The van der Waals surface area contributed by atoms with Crippen molar-refractivity contribution in [3.63, 3.8) is 0 Å². The van der Waals surface area contributed by atoms with Crippen LogP contribution in [0.5, 0.6) is 0 Å². The molecule has 0 aromatic carbocycles. The Morgan fingerprint density at radius 3 is 1.75 bits per heavy atom. The predicted octanol–water partition coefficient (Wildman–Crippen LogP) is 3.76. The average molecular weight is 226 g/mol. The van der Waals surface area contributed by atoms with Crippen LogP contribution in [0.1, 0.15) is 54.9 Å². The van der Waals surface area contributed by atoms with E-state index in [0.717, 1.165) is 12.2 Å². The molecule has 1 aliphatic heterocycles. The summed E-state index contributed by atoms with van der Waals surface area (Å²) in [5.41, 5.74) is -0.371. The van der Waals surface area contributed by atoms with Crippen molar-refractivity contribution >= 4 is 7.12 Å². The zero-order valence-electron chi connectivity index (χ0n) is 12.0. The molecule has 2 nitrogen and oxygen atoms in total. The van der Waals surface area contributed by atoms with E-state index in [9.17, 15) is 0 Å². The summed E-state index contributed by atoms with van der Waals surface area (Å²) in [6.45, 7) is 15.3. The number of hydrogen-bond acceptors (Lipinski definition) is 2. The fourth-order valence-electron chi connectivity index (χ4n) is 2.29. The van der Waals surface area contributed by atoms with Crippen molar-refractivity contribution in [2.75, 3.05) is 0 Å². The first-order chi connectivity index (χ1) is 7.14. The van der Waals surface area contributed by atoms with Crippen molar-refractivity contribution in [2.45, 2.75) is 72.4 Å². The number of hydrogen-bond donors (Lipinski definition) is 0. The summed E-state index contributed by atoms with van der Waals surface area (Å²) < 4.78 is 12.0. The Kier molecular flexibility index (Phi) is 4.12. The molecule has 3 heteroatoms. The SMILES string of the molecule is CC(C)CC(C)CB1OC(C)(C)C(C)(C)O1. The molecule has 0 spiro atoms. The lowest BCUT2D eigenvalue weighted by molar-refractivity contribution is 0.00578. The van der Waals surface area contributed by atoms with E-state index in [1.54, 1.807) is 0 Å². The molecule has 0 amide bonds. The molecule has 0 bridgehead atoms. The summed E-state index contributed by atoms with van der Waals surface area (Å²) in [5, 5.41) is 0. The van der Waals surface area contributed by atoms with Gasteiger partial charge in [-0.2, -0.15) is 0 Å². The highest BCUT2D eigenvalue weighted by Gasteiger charge is 2.50. The maximum Gasteiger partial charge on any atom is 0.458 e. The molecular formula is C13H27BO2. The molecule has 1 unspecified atom stereocenters. The van der Waals surface area contributed by atoms with Crippen LogP contribution in [0.2, 0.25) is 6.32 Å². The molecule has 1 saturated heterocycles. The summed E-state index contributed by atoms with van der Waals surface area (Å²) in [7, 11) is -0.0289. The maximum absolute atomic E-state index is 5.99. The zero-order chi connectivity index (χ0) is 12.6. The molecule has 0 N–H and O–H groups in total. The summed E-state index contributed by atoms with van der Waals surface area (Å²) in [6, 6.07) is 0. The smallest absolute Gasteiger partial charge is 0.403 e. The Bertz CT molecular complexity index is 220. The van der Waals surface area contributed by atoms with E-state index in [1.165, 1.54) is 6.42 Å². The Morgan fingerprint density at radius 1 is 0.938 bits per heavy atom. The highest BCUT2D eigenvalue weighted by atomic mass is 16.7. The van der Waals surface area contributed by atoms with Gasteiger partial charge in [-0.3, -0.25) is 0 Å². The largest absolute Gasteiger partial charge is 0.458 e. The lowest BCUT2D eigenvalue weighted by Crippen LogP contribution is -2.41. The molecule has 0 aromatic heterocycles. The first kappa shape index (κ1) is 14.0. The third-order valence-electron chi connectivity index (χ3n) is 3.77. The normalized spacial score (nSPS) is 25.1. The minimum atomic E-state index is -0.185. The first-order valence-corrected chi connectivity index (χ1v) is 6.49. The molecule has 0 aliphatic carbocycles. The summed E-state index contributed by atoms with van der Waals surface area (Å²) in [5.74, 6) is 1.41. The molecule has 0 saturated carbocycles. The van der Waals surface area contributed by atoms with Gasteiger partial charge in [0, 0.05) is 0 Å². The fraction of sp³-hybridized carbons (Fsp3) is 1.00. The molecule has 94 valence electrons. The van der Waals surface area contributed by atoms with Crippen molar-refractivity contribution in [1.82, 2.24) is 0 Å². The Morgan fingerprint density at radius 2 is 1.38 bits per heavy atom. The molecule has 1 rings (SSSR count). The molecule has 1 heterocycles. The van der Waals surface area contributed by atoms with Crippen molar-refractivity contribution in [3.05, 3.63) is 0 Å². The van der Waals surface area contributed by atoms with E-state index in [-0.39, 0.29) is 18.3 Å². The quantitative estimate of drug-likeness (QED) is 0.679. The van der Waals surface area contributed by atoms with Crippen molar-refractivity contribution < 1.29 is 9.31 Å². The van der Waals surface area contributed by atoms with Gasteiger partial charge >= 0.3 is 7.12 Å². The zero-order valence-corrected chi connectivity index (χ0v) is 12.0. The van der Waals surface area contributed by atoms with Crippen LogP contribution in [-0.4, -0.2) is 18.3 Å². The average Bonchev–Trinajstić information content (AvgIpc) is 2.16. The monoisotopic (exact) mass is 226 g/mol. The van der Waals surface area contributed by atoms with Gasteiger partial charge in [0.1, 0.15) is 0 Å². The van der Waals surface area contributed by atoms with E-state index in [1.807, 2.05) is 0 Å². The maximum atomic E-state index is 5.99. The van der Waals surface area contributed by atoms with Gasteiger partial charge in [0.25, 0.3) is 0 Å². The van der Waals surface area contributed by atoms with Crippen LogP contribution in [0, 0.1) is 11.8 Å². The van der Waals surface area contributed by atoms with Gasteiger partial charge in [-0.25, -0.2) is 0 Å². The topological polar surface area (TPSA) is 18.5 Å². The minimum absolute atomic E-state index is 0.0289. The highest BCUT2D eigenvalue weighted by molar-refractivity contribution is 6.45. The molecule has 0 radical (unpaired) electrons. The Labute approximate surface area is 101 Å². The minimum Gasteiger partial charge on any atom is -0.403 e. The van der Waals surface area contributed by atoms with Crippen LogP contribution >= 0.6 is 0 Å². The summed E-state index contributed by atoms with van der Waals surface area (Å²) in [6.07, 6.45) is 2.25. The molecule has 16 heavy (non-hydrogen) atoms. The van der Waals surface area contributed by atoms with Crippen molar-refractivity contribution in [1.29, 1.82) is 0 Å². The second-order valence-corrected chi connectivity index (χ2v) is 6.66. The van der Waals surface area contributed by atoms with Crippen LogP contribution in [0.4, 0.5) is 0 Å². The van der Waals surface area contributed by atoms with Gasteiger partial charge in [-0.15, -0.1) is 0 Å². The first-order valence-electron chi connectivity index (χ1n) is 6.49. The molecule has 1 aliphatic rings. The Hall–Kier alpha value is -0.0151. The lowest BCUT2D eigenvalue weighted by atomic mass is 9.75. The predicted molar refractivity (Wildman–Crippen MR) is 69.5 cm³/mol. The van der Waals surface area contributed by atoms with Gasteiger partial charge in [0.2, 0.25) is 0 Å². The molecule has 1 atom stereocenters. The third-order valence-corrected chi connectivity index (χ3v) is 3.77. The van der Waals surface area contributed by atoms with E-state index in [2.05, 4.69) is 48.5 Å². The van der Waals surface area contributed by atoms with Gasteiger partial charge in [0.05, 0.1) is 11.2 Å². The van der Waals surface area contributed by atoms with Crippen LogP contribution in [0.15, 0.2) is 0 Å². The van der Waals surface area contributed by atoms with E-state index < -0.39 is 0 Å². The van der Waals surface area contributed by atoms with Gasteiger partial charge in [0.15, 0.2) is 0 Å². The van der Waals surface area contributed by atoms with Crippen LogP contribution in [0.25, 0.3) is 0 Å². The van der Waals surface area contributed by atoms with E-state index in [0.29, 0.717) is 5.92 Å². The van der Waals surface area contributed by atoms with E-state index >= 15 is 0 Å². The van der Waals surface area contributed by atoms with Crippen LogP contribution < -0.4 is 0 Å². The van der Waals surface area contributed by atoms with Crippen LogP contribution in [0.3, 0.4) is 0 Å². The molecule has 1 fully saturated rings. The second-order valence-electron chi connectivity index (χ2n) is 6.66. The standard InChI is InChI=1S/C13H27BO2/c1-10(2)8-11(3)9-14-15-12(4,5)13(6,7)16-14/h10-11H,8-9H2,1-7H3. The van der Waals surface area contributed by atoms with Gasteiger partial charge in [-0.1, -0.05) is 20.8 Å². The lowest BCUT2D eigenvalue weighted by Gasteiger charge is -2.32. The van der Waals surface area contributed by atoms with Gasteiger partial charge < -0.3 is 9.31 Å². The van der Waals surface area contributed by atoms with E-state index in [4.69, 9.17) is 9.31 Å². The Balaban J connectivity index is 2.48. The summed E-state index contributed by atoms with van der Waals surface area (Å²) >= 11 is 0. The fourth-order valence-corrected chi connectivity index (χ4v) is 2.29. The van der Waals surface area contributed by atoms with Crippen molar-refractivity contribution in [3.8, 4) is 0 Å². The van der Waals surface area contributed by atoms with Gasteiger partial charge in [-0.05, 0) is 52.3 Å². The molecule has 0 aromatic rings. The highest BCUT2D eigenvalue weighted by Crippen LogP contribution is 2.38.